The molecule has 7 nitrogen and oxygen atoms in total. The molecule has 0 spiro atoms. The third-order valence-corrected chi connectivity index (χ3v) is 6.47. The maximum atomic E-state index is 14.6. The number of aromatic amines is 1. The molecule has 3 N–H and O–H groups in total. The molecule has 11 heteroatoms. The molecule has 4 rings (SSSR count). The van der Waals surface area contributed by atoms with E-state index in [9.17, 15) is 23.1 Å². The minimum atomic E-state index is -1.25. The fourth-order valence-electron chi connectivity index (χ4n) is 4.15. The molecule has 0 bridgehead atoms. The van der Waals surface area contributed by atoms with Crippen molar-refractivity contribution in [3.63, 3.8) is 0 Å². The number of benzene rings is 1. The molecule has 1 aliphatic heterocycles. The first-order valence-corrected chi connectivity index (χ1v) is 11.1. The number of piperidine rings is 1. The Morgan fingerprint density at radius 1 is 1.18 bits per heavy atom. The van der Waals surface area contributed by atoms with Crippen molar-refractivity contribution in [1.82, 2.24) is 20.1 Å². The van der Waals surface area contributed by atoms with Crippen molar-refractivity contribution < 1.29 is 23.1 Å². The van der Waals surface area contributed by atoms with Gasteiger partial charge in [-0.1, -0.05) is 11.6 Å². The summed E-state index contributed by atoms with van der Waals surface area (Å²) in [5.41, 5.74) is -0.550. The molecule has 0 amide bonds. The largest absolute Gasteiger partial charge is 0.481 e. The summed E-state index contributed by atoms with van der Waals surface area (Å²) in [5.74, 6) is -2.35. The van der Waals surface area contributed by atoms with Gasteiger partial charge in [0.05, 0.1) is 16.1 Å². The van der Waals surface area contributed by atoms with Gasteiger partial charge in [0.1, 0.15) is 23.3 Å². The van der Waals surface area contributed by atoms with Gasteiger partial charge in [-0.3, -0.25) is 14.8 Å². The van der Waals surface area contributed by atoms with Gasteiger partial charge in [0, 0.05) is 30.3 Å². The summed E-state index contributed by atoms with van der Waals surface area (Å²) in [6.45, 7) is 2.33. The number of hydrogen-bond acceptors (Lipinski definition) is 5. The first kappa shape index (κ1) is 24.0. The number of anilines is 2. The number of rotatable bonds is 7. The standard InChI is InChI=1S/C23H23ClF3N5O2/c1-13-10-20(31-30-13)29-19-5-4-17(26)18(28-19)11-23(22(33)34)6-8-32(9-7-23)12-14-16(25)3-2-15(24)21(14)27/h2-5,10H,6-9,11-12H2,1H3,(H,33,34)(H2,28,29,30,31). The molecule has 1 aromatic carbocycles. The molecular weight excluding hydrogens is 471 g/mol. The number of hydrogen-bond donors (Lipinski definition) is 3. The number of H-pyrrole nitrogens is 1. The van der Waals surface area contributed by atoms with Crippen molar-refractivity contribution in [3.8, 4) is 0 Å². The molecule has 0 unspecified atom stereocenters. The van der Waals surface area contributed by atoms with Gasteiger partial charge in [-0.2, -0.15) is 5.10 Å². The van der Waals surface area contributed by atoms with E-state index in [2.05, 4.69) is 20.5 Å². The van der Waals surface area contributed by atoms with Crippen molar-refractivity contribution in [2.45, 2.75) is 32.7 Å². The van der Waals surface area contributed by atoms with Crippen molar-refractivity contribution in [2.75, 3.05) is 18.4 Å². The maximum absolute atomic E-state index is 14.6. The lowest BCUT2D eigenvalue weighted by Crippen LogP contribution is -2.45. The van der Waals surface area contributed by atoms with E-state index >= 15 is 0 Å². The summed E-state index contributed by atoms with van der Waals surface area (Å²) < 4.78 is 43.0. The topological polar surface area (TPSA) is 94.1 Å². The zero-order chi connectivity index (χ0) is 24.5. The van der Waals surface area contributed by atoms with Crippen LogP contribution in [0, 0.1) is 29.8 Å². The zero-order valence-electron chi connectivity index (χ0n) is 18.3. The van der Waals surface area contributed by atoms with Crippen LogP contribution in [0.4, 0.5) is 24.8 Å². The fourth-order valence-corrected chi connectivity index (χ4v) is 4.33. The van der Waals surface area contributed by atoms with Crippen molar-refractivity contribution in [1.29, 1.82) is 0 Å². The van der Waals surface area contributed by atoms with E-state index < -0.39 is 28.8 Å². The van der Waals surface area contributed by atoms with E-state index in [0.29, 0.717) is 11.6 Å². The molecule has 0 saturated carbocycles. The molecule has 2 aromatic heterocycles. The number of aromatic nitrogens is 3. The van der Waals surface area contributed by atoms with Crippen LogP contribution in [0.15, 0.2) is 30.3 Å². The van der Waals surface area contributed by atoms with Gasteiger partial charge in [-0.15, -0.1) is 0 Å². The SMILES string of the molecule is Cc1cc(Nc2ccc(F)c(CC3(C(=O)O)CCN(Cc4c(F)ccc(Cl)c4F)CC3)n2)n[nH]1. The number of aliphatic carboxylic acids is 1. The van der Waals surface area contributed by atoms with E-state index in [1.165, 1.54) is 12.1 Å². The van der Waals surface area contributed by atoms with Crippen molar-refractivity contribution >= 4 is 29.2 Å². The number of pyridine rings is 1. The minimum absolute atomic E-state index is 0.0278. The summed E-state index contributed by atoms with van der Waals surface area (Å²) in [5, 5.41) is 19.6. The van der Waals surface area contributed by atoms with Gasteiger partial charge in [-0.05, 0) is 57.1 Å². The normalized spacial score (nSPS) is 15.9. The molecule has 1 saturated heterocycles. The van der Waals surface area contributed by atoms with Crippen LogP contribution >= 0.6 is 11.6 Å². The van der Waals surface area contributed by atoms with Crippen LogP contribution in [0.5, 0.6) is 0 Å². The predicted molar refractivity (Wildman–Crippen MR) is 120 cm³/mol. The number of nitrogens with one attached hydrogen (secondary N) is 2. The Morgan fingerprint density at radius 3 is 2.53 bits per heavy atom. The van der Waals surface area contributed by atoms with E-state index in [1.807, 2.05) is 6.92 Å². The molecule has 1 aliphatic rings. The van der Waals surface area contributed by atoms with Crippen LogP contribution < -0.4 is 5.32 Å². The van der Waals surface area contributed by atoms with Crippen LogP contribution in [-0.2, 0) is 17.8 Å². The third-order valence-electron chi connectivity index (χ3n) is 6.17. The highest BCUT2D eigenvalue weighted by molar-refractivity contribution is 6.30. The highest BCUT2D eigenvalue weighted by atomic mass is 35.5. The number of carboxylic acids is 1. The number of carbonyl (C=O) groups is 1. The first-order valence-electron chi connectivity index (χ1n) is 10.7. The lowest BCUT2D eigenvalue weighted by atomic mass is 9.74. The highest BCUT2D eigenvalue weighted by Crippen LogP contribution is 2.37. The summed E-state index contributed by atoms with van der Waals surface area (Å²) in [7, 11) is 0. The fraction of sp³-hybridized carbons (Fsp3) is 0.348. The van der Waals surface area contributed by atoms with Crippen LogP contribution in [0.2, 0.25) is 5.02 Å². The monoisotopic (exact) mass is 493 g/mol. The molecule has 0 radical (unpaired) electrons. The Kier molecular flexibility index (Phi) is 6.81. The summed E-state index contributed by atoms with van der Waals surface area (Å²) in [6, 6.07) is 6.70. The molecule has 34 heavy (non-hydrogen) atoms. The maximum Gasteiger partial charge on any atom is 0.310 e. The lowest BCUT2D eigenvalue weighted by molar-refractivity contribution is -0.152. The zero-order valence-corrected chi connectivity index (χ0v) is 19.1. The van der Waals surface area contributed by atoms with E-state index in [-0.39, 0.29) is 55.2 Å². The van der Waals surface area contributed by atoms with Gasteiger partial charge in [-0.25, -0.2) is 18.2 Å². The Hall–Kier alpha value is -3.11. The summed E-state index contributed by atoms with van der Waals surface area (Å²) in [6.07, 6.45) is 0.226. The summed E-state index contributed by atoms with van der Waals surface area (Å²) >= 11 is 5.77. The minimum Gasteiger partial charge on any atom is -0.481 e. The molecule has 180 valence electrons. The molecular formula is C23H23ClF3N5O2. The number of aryl methyl sites for hydroxylation is 1. The molecule has 0 aliphatic carbocycles. The lowest BCUT2D eigenvalue weighted by Gasteiger charge is -2.39. The second kappa shape index (κ2) is 9.63. The van der Waals surface area contributed by atoms with Crippen LogP contribution in [-0.4, -0.2) is 44.2 Å². The Morgan fingerprint density at radius 2 is 1.88 bits per heavy atom. The van der Waals surface area contributed by atoms with Gasteiger partial charge in [0.15, 0.2) is 5.82 Å². The van der Waals surface area contributed by atoms with E-state index in [1.54, 1.807) is 11.0 Å². The van der Waals surface area contributed by atoms with Crippen LogP contribution in [0.25, 0.3) is 0 Å². The smallest absolute Gasteiger partial charge is 0.310 e. The quantitative estimate of drug-likeness (QED) is 0.408. The van der Waals surface area contributed by atoms with Crippen molar-refractivity contribution in [2.24, 2.45) is 5.41 Å². The first-order chi connectivity index (χ1) is 16.2. The third kappa shape index (κ3) is 5.02. The second-order valence-electron chi connectivity index (χ2n) is 8.55. The van der Waals surface area contributed by atoms with Gasteiger partial charge in [0.2, 0.25) is 0 Å². The second-order valence-corrected chi connectivity index (χ2v) is 8.95. The van der Waals surface area contributed by atoms with Crippen LogP contribution in [0.3, 0.4) is 0 Å². The number of likely N-dealkylation sites (tertiary alicyclic amines) is 1. The Balaban J connectivity index is 1.48. The molecule has 0 atom stereocenters. The van der Waals surface area contributed by atoms with Crippen molar-refractivity contribution in [3.05, 3.63) is 69.8 Å². The van der Waals surface area contributed by atoms with E-state index in [0.717, 1.165) is 17.8 Å². The number of carboxylic acid groups (broad SMARTS) is 1. The Bertz CT molecular complexity index is 1210. The van der Waals surface area contributed by atoms with Gasteiger partial charge >= 0.3 is 5.97 Å². The predicted octanol–water partition coefficient (Wildman–Crippen LogP) is 4.84. The van der Waals surface area contributed by atoms with Gasteiger partial charge in [0.25, 0.3) is 0 Å². The molecule has 3 heterocycles. The van der Waals surface area contributed by atoms with Crippen LogP contribution in [0.1, 0.15) is 29.8 Å². The van der Waals surface area contributed by atoms with E-state index in [4.69, 9.17) is 11.6 Å². The number of nitrogens with zero attached hydrogens (tertiary/aromatic N) is 3. The highest BCUT2D eigenvalue weighted by Gasteiger charge is 2.42. The average molecular weight is 494 g/mol. The molecule has 3 aromatic rings. The average Bonchev–Trinajstić information content (AvgIpc) is 3.21. The molecule has 1 fully saturated rings. The number of halogens is 4. The summed E-state index contributed by atoms with van der Waals surface area (Å²) in [4.78, 5) is 18.3. The van der Waals surface area contributed by atoms with Gasteiger partial charge < -0.3 is 10.4 Å². The Labute approximate surface area is 199 Å².